The summed E-state index contributed by atoms with van der Waals surface area (Å²) >= 11 is 0. The molecule has 212 valence electrons. The molecule has 0 heterocycles. The molecule has 0 bridgehead atoms. The van der Waals surface area contributed by atoms with Crippen molar-refractivity contribution in [1.29, 1.82) is 0 Å². The Bertz CT molecular complexity index is 634. The number of rotatable bonds is 18. The Balaban J connectivity index is 5.81. The lowest BCUT2D eigenvalue weighted by atomic mass is 9.88. The molecule has 0 atom stereocenters. The molecule has 0 aromatic heterocycles. The minimum Gasteiger partial charge on any atom is -0.377 e. The molecule has 35 heavy (non-hydrogen) atoms. The predicted molar refractivity (Wildman–Crippen MR) is 104 cm³/mol. The molecule has 0 rings (SSSR count). The second-order valence-corrected chi connectivity index (χ2v) is 11.1. The fourth-order valence-electron chi connectivity index (χ4n) is 3.20. The SMILES string of the molecule is CCCCCCCC(F)(F)C(F)(F)C(F)(F)C(F)(F)C(F)(F)C(F)(F)CCC[Si](OC)(OC)OC. The normalized spacial score (nSPS) is 15.1. The molecule has 0 radical (unpaired) electrons. The summed E-state index contributed by atoms with van der Waals surface area (Å²) < 4.78 is 182. The highest BCUT2D eigenvalue weighted by atomic mass is 28.4. The van der Waals surface area contributed by atoms with Crippen LogP contribution in [0.25, 0.3) is 0 Å². The first-order valence-corrected chi connectivity index (χ1v) is 12.6. The zero-order valence-corrected chi connectivity index (χ0v) is 20.6. The molecule has 0 N–H and O–H groups in total. The van der Waals surface area contributed by atoms with E-state index in [2.05, 4.69) is 0 Å². The monoisotopic (exact) mass is 562 g/mol. The van der Waals surface area contributed by atoms with Gasteiger partial charge in [0, 0.05) is 40.2 Å². The Morgan fingerprint density at radius 3 is 1.17 bits per heavy atom. The van der Waals surface area contributed by atoms with E-state index in [4.69, 9.17) is 13.3 Å². The summed E-state index contributed by atoms with van der Waals surface area (Å²) in [5.41, 5.74) is 0. The van der Waals surface area contributed by atoms with Crippen LogP contribution in [0.4, 0.5) is 52.7 Å². The van der Waals surface area contributed by atoms with E-state index in [-0.39, 0.29) is 12.8 Å². The molecule has 3 nitrogen and oxygen atoms in total. The van der Waals surface area contributed by atoms with Crippen molar-refractivity contribution in [2.75, 3.05) is 21.3 Å². The lowest BCUT2D eigenvalue weighted by molar-refractivity contribution is -0.425. The van der Waals surface area contributed by atoms with E-state index in [0.717, 1.165) is 21.3 Å². The van der Waals surface area contributed by atoms with Crippen molar-refractivity contribution in [1.82, 2.24) is 0 Å². The minimum atomic E-state index is -7.54. The van der Waals surface area contributed by atoms with Gasteiger partial charge < -0.3 is 13.3 Å². The third kappa shape index (κ3) is 6.77. The summed E-state index contributed by atoms with van der Waals surface area (Å²) in [4.78, 5) is 0. The molecule has 16 heteroatoms. The predicted octanol–water partition coefficient (Wildman–Crippen LogP) is 7.82. The maximum atomic E-state index is 14.0. The molecule has 0 aliphatic carbocycles. The standard InChI is InChI=1S/C19H30F12O3Si/c1-5-6-7-8-9-11-14(20,21)16(24,25)18(28,29)19(30,31)17(26,27)15(22,23)12-10-13-35(32-2,33-3)34-4/h5-13H2,1-4H3. The van der Waals surface area contributed by atoms with Crippen LogP contribution in [-0.2, 0) is 13.3 Å². The van der Waals surface area contributed by atoms with Crippen molar-refractivity contribution in [3.05, 3.63) is 0 Å². The lowest BCUT2D eigenvalue weighted by Gasteiger charge is -2.41. The first-order chi connectivity index (χ1) is 15.7. The Morgan fingerprint density at radius 1 is 0.486 bits per heavy atom. The average molecular weight is 563 g/mol. The fraction of sp³-hybridized carbons (Fsp3) is 1.00. The van der Waals surface area contributed by atoms with Gasteiger partial charge in [-0.2, -0.15) is 52.7 Å². The molecule has 0 fully saturated rings. The molecular weight excluding hydrogens is 532 g/mol. The van der Waals surface area contributed by atoms with Crippen LogP contribution < -0.4 is 0 Å². The van der Waals surface area contributed by atoms with Gasteiger partial charge >= 0.3 is 44.3 Å². The third-order valence-corrected chi connectivity index (χ3v) is 8.43. The minimum absolute atomic E-state index is 0.148. The van der Waals surface area contributed by atoms with Crippen LogP contribution >= 0.6 is 0 Å². The lowest BCUT2D eigenvalue weighted by Crippen LogP contribution is -2.70. The quantitative estimate of drug-likeness (QED) is 0.0969. The summed E-state index contributed by atoms with van der Waals surface area (Å²) in [5, 5.41) is 0. The van der Waals surface area contributed by atoms with Crippen molar-refractivity contribution in [3.8, 4) is 0 Å². The average Bonchev–Trinajstić information content (AvgIpc) is 2.76. The van der Waals surface area contributed by atoms with Crippen LogP contribution in [0.5, 0.6) is 0 Å². The van der Waals surface area contributed by atoms with Crippen LogP contribution in [0, 0.1) is 0 Å². The van der Waals surface area contributed by atoms with Gasteiger partial charge in [0.15, 0.2) is 0 Å². The van der Waals surface area contributed by atoms with E-state index in [9.17, 15) is 52.7 Å². The second-order valence-electron chi connectivity index (χ2n) is 8.02. The summed E-state index contributed by atoms with van der Waals surface area (Å²) in [6, 6.07) is -0.656. The van der Waals surface area contributed by atoms with Crippen molar-refractivity contribution in [2.24, 2.45) is 0 Å². The van der Waals surface area contributed by atoms with Crippen molar-refractivity contribution in [3.63, 3.8) is 0 Å². The number of hydrogen-bond donors (Lipinski definition) is 0. The molecule has 0 saturated heterocycles. The zero-order chi connectivity index (χ0) is 28.0. The highest BCUT2D eigenvalue weighted by molar-refractivity contribution is 6.60. The molecule has 0 spiro atoms. The van der Waals surface area contributed by atoms with Gasteiger partial charge in [-0.15, -0.1) is 0 Å². The Hall–Kier alpha value is -0.743. The van der Waals surface area contributed by atoms with E-state index in [1.54, 1.807) is 6.92 Å². The van der Waals surface area contributed by atoms with Crippen LogP contribution in [0.15, 0.2) is 0 Å². The van der Waals surface area contributed by atoms with Gasteiger partial charge in [-0.25, -0.2) is 0 Å². The number of unbranched alkanes of at least 4 members (excludes halogenated alkanes) is 4. The summed E-state index contributed by atoms with van der Waals surface area (Å²) in [6.45, 7) is 1.71. The largest absolute Gasteiger partial charge is 0.500 e. The molecule has 0 aromatic carbocycles. The van der Waals surface area contributed by atoms with E-state index in [0.29, 0.717) is 12.8 Å². The van der Waals surface area contributed by atoms with Crippen LogP contribution in [0.1, 0.15) is 58.3 Å². The summed E-state index contributed by atoms with van der Waals surface area (Å²) in [7, 11) is -0.648. The second kappa shape index (κ2) is 12.2. The van der Waals surface area contributed by atoms with E-state index in [1.165, 1.54) is 0 Å². The van der Waals surface area contributed by atoms with Gasteiger partial charge in [0.2, 0.25) is 0 Å². The first kappa shape index (κ1) is 34.3. The van der Waals surface area contributed by atoms with Crippen molar-refractivity contribution >= 4 is 8.80 Å². The number of hydrogen-bond acceptors (Lipinski definition) is 3. The molecule has 0 saturated carbocycles. The summed E-state index contributed by atoms with van der Waals surface area (Å²) in [5.74, 6) is -41.1. The van der Waals surface area contributed by atoms with Gasteiger partial charge in [-0.1, -0.05) is 32.6 Å². The smallest absolute Gasteiger partial charge is 0.377 e. The van der Waals surface area contributed by atoms with E-state index < -0.39 is 76.1 Å². The van der Waals surface area contributed by atoms with Crippen LogP contribution in [0.2, 0.25) is 6.04 Å². The van der Waals surface area contributed by atoms with Gasteiger partial charge in [0.05, 0.1) is 0 Å². The zero-order valence-electron chi connectivity index (χ0n) is 19.6. The molecule has 0 aliphatic heterocycles. The molecule has 0 aromatic rings. The van der Waals surface area contributed by atoms with Gasteiger partial charge in [-0.3, -0.25) is 0 Å². The van der Waals surface area contributed by atoms with Gasteiger partial charge in [-0.05, 0) is 12.8 Å². The Labute approximate surface area is 196 Å². The summed E-state index contributed by atoms with van der Waals surface area (Å²) in [6.07, 6.45) is -4.96. The number of halogens is 12. The number of alkyl halides is 12. The highest BCUT2D eigenvalue weighted by Crippen LogP contribution is 2.61. The molecule has 0 aliphatic rings. The third-order valence-electron chi connectivity index (χ3n) is 5.60. The Morgan fingerprint density at radius 2 is 0.829 bits per heavy atom. The van der Waals surface area contributed by atoms with Crippen LogP contribution in [-0.4, -0.2) is 65.7 Å². The molecular formula is C19H30F12O3Si. The molecule has 0 unspecified atom stereocenters. The molecule has 0 amide bonds. The van der Waals surface area contributed by atoms with E-state index in [1.807, 2.05) is 0 Å². The maximum Gasteiger partial charge on any atom is 0.500 e. The van der Waals surface area contributed by atoms with Crippen molar-refractivity contribution < 1.29 is 66.0 Å². The van der Waals surface area contributed by atoms with Crippen LogP contribution in [0.3, 0.4) is 0 Å². The maximum absolute atomic E-state index is 14.0. The Kier molecular flexibility index (Phi) is 11.9. The van der Waals surface area contributed by atoms with E-state index >= 15 is 0 Å². The van der Waals surface area contributed by atoms with Crippen molar-refractivity contribution in [2.45, 2.75) is 99.9 Å². The topological polar surface area (TPSA) is 27.7 Å². The highest BCUT2D eigenvalue weighted by Gasteiger charge is 2.89. The van der Waals surface area contributed by atoms with Gasteiger partial charge in [0.25, 0.3) is 0 Å². The fourth-order valence-corrected chi connectivity index (χ4v) is 4.92. The van der Waals surface area contributed by atoms with Gasteiger partial charge in [0.1, 0.15) is 0 Å². The first-order valence-electron chi connectivity index (χ1n) is 10.6.